The molecule has 3 N–H and O–H groups in total. The minimum Gasteiger partial charge on any atom is -0.462 e. The summed E-state index contributed by atoms with van der Waals surface area (Å²) in [4.78, 5) is 73.2. The van der Waals surface area contributed by atoms with E-state index in [2.05, 4.69) is 72.8 Å². The van der Waals surface area contributed by atoms with Crippen molar-refractivity contribution in [1.29, 1.82) is 0 Å². The monoisotopic (exact) mass is 1550 g/mol. The highest BCUT2D eigenvalue weighted by Gasteiger charge is 2.30. The molecule has 0 aliphatic carbocycles. The number of hydrogen-bond acceptors (Lipinski definition) is 15. The molecule has 0 spiro atoms. The van der Waals surface area contributed by atoms with E-state index < -0.39 is 97.5 Å². The Labute approximate surface area is 650 Å². The van der Waals surface area contributed by atoms with Crippen LogP contribution < -0.4 is 0 Å². The summed E-state index contributed by atoms with van der Waals surface area (Å²) in [7, 11) is -9.94. The normalized spacial score (nSPS) is 14.3. The summed E-state index contributed by atoms with van der Waals surface area (Å²) in [5.41, 5.74) is 0. The van der Waals surface area contributed by atoms with Gasteiger partial charge in [-0.2, -0.15) is 0 Å². The standard InChI is InChI=1S/C87H166O17P2/c1-8-10-11-12-13-14-15-16-23-30-35-40-47-54-61-68-84(89)97-74-82(103-86(91)70-63-56-48-41-36-31-26-20-18-17-19-25-29-34-39-46-53-60-67-80(7)9-2)76-101-105(93,94)99-72-81(88)73-100-106(95,96)102-77-83(75-98-85(90)69-62-55-50-43-45-52-59-66-79(5)6)104-87(92)71-64-57-49-42-37-32-27-22-21-24-28-33-38-44-51-58-65-78(3)4/h14-16,23,78-83,88H,8-13,17-22,24-77H2,1-7H3,(H,93,94)(H,95,96)/b15-14-,23-16-/t80?,81?,82-,83-/m1/s1. The van der Waals surface area contributed by atoms with Crippen LogP contribution in [-0.2, 0) is 65.4 Å². The smallest absolute Gasteiger partial charge is 0.462 e. The van der Waals surface area contributed by atoms with Crippen LogP contribution in [-0.4, -0.2) is 96.7 Å². The number of phosphoric acid groups is 2. The van der Waals surface area contributed by atoms with E-state index in [0.717, 1.165) is 127 Å². The molecule has 0 aliphatic rings. The molecular formula is C87H166O17P2. The van der Waals surface area contributed by atoms with Gasteiger partial charge in [-0.1, -0.05) is 381 Å². The Kier molecular flexibility index (Phi) is 74.7. The summed E-state index contributed by atoms with van der Waals surface area (Å²) in [5, 5.41) is 10.7. The lowest BCUT2D eigenvalue weighted by molar-refractivity contribution is -0.161. The quantitative estimate of drug-likeness (QED) is 0.0169. The number of aliphatic hydroxyl groups is 1. The van der Waals surface area contributed by atoms with Gasteiger partial charge in [0.05, 0.1) is 26.4 Å². The lowest BCUT2D eigenvalue weighted by atomic mass is 9.99. The van der Waals surface area contributed by atoms with Crippen LogP contribution in [0.1, 0.15) is 434 Å². The maximum atomic E-state index is 13.1. The Morgan fingerprint density at radius 1 is 0.311 bits per heavy atom. The fourth-order valence-corrected chi connectivity index (χ4v) is 14.6. The Balaban J connectivity index is 5.24. The number of aliphatic hydroxyl groups excluding tert-OH is 1. The first-order valence-corrected chi connectivity index (χ1v) is 47.2. The van der Waals surface area contributed by atoms with Crippen molar-refractivity contribution in [2.75, 3.05) is 39.6 Å². The molecule has 0 radical (unpaired) electrons. The van der Waals surface area contributed by atoms with Gasteiger partial charge in [0, 0.05) is 25.7 Å². The van der Waals surface area contributed by atoms with Crippen LogP contribution in [0.5, 0.6) is 0 Å². The summed E-state index contributed by atoms with van der Waals surface area (Å²) in [6, 6.07) is 0. The molecule has 4 unspecified atom stereocenters. The number of carbonyl (C=O) groups is 4. The number of unbranched alkanes of at least 4 members (excludes halogenated alkanes) is 47. The predicted octanol–water partition coefficient (Wildman–Crippen LogP) is 26.0. The van der Waals surface area contributed by atoms with E-state index in [4.69, 9.17) is 37.0 Å². The second kappa shape index (κ2) is 76.5. The molecule has 17 nitrogen and oxygen atoms in total. The molecule has 19 heteroatoms. The fraction of sp³-hybridized carbons (Fsp3) is 0.908. The maximum Gasteiger partial charge on any atom is 0.472 e. The van der Waals surface area contributed by atoms with Crippen LogP contribution >= 0.6 is 15.6 Å². The number of ether oxygens (including phenoxy) is 4. The number of allylic oxidation sites excluding steroid dienone is 4. The first kappa shape index (κ1) is 104. The Morgan fingerprint density at radius 2 is 0.557 bits per heavy atom. The zero-order chi connectivity index (χ0) is 77.9. The van der Waals surface area contributed by atoms with E-state index in [1.54, 1.807) is 0 Å². The van der Waals surface area contributed by atoms with Crippen molar-refractivity contribution in [3.8, 4) is 0 Å². The average molecular weight is 1550 g/mol. The zero-order valence-corrected chi connectivity index (χ0v) is 71.2. The minimum atomic E-state index is -4.97. The minimum absolute atomic E-state index is 0.101. The van der Waals surface area contributed by atoms with E-state index in [1.165, 1.54) is 218 Å². The molecule has 6 atom stereocenters. The van der Waals surface area contributed by atoms with Gasteiger partial charge in [0.15, 0.2) is 12.2 Å². The molecule has 0 saturated heterocycles. The molecule has 0 rings (SSSR count). The van der Waals surface area contributed by atoms with Gasteiger partial charge in [0.2, 0.25) is 0 Å². The molecule has 106 heavy (non-hydrogen) atoms. The van der Waals surface area contributed by atoms with Gasteiger partial charge in [0.25, 0.3) is 0 Å². The van der Waals surface area contributed by atoms with Crippen LogP contribution in [0.15, 0.2) is 24.3 Å². The molecule has 0 amide bonds. The van der Waals surface area contributed by atoms with Crippen molar-refractivity contribution in [3.63, 3.8) is 0 Å². The van der Waals surface area contributed by atoms with Gasteiger partial charge in [-0.25, -0.2) is 9.13 Å². The second-order valence-electron chi connectivity index (χ2n) is 31.8. The summed E-state index contributed by atoms with van der Waals surface area (Å²) >= 11 is 0. The van der Waals surface area contributed by atoms with Crippen molar-refractivity contribution in [2.45, 2.75) is 452 Å². The number of esters is 4. The third-order valence-electron chi connectivity index (χ3n) is 20.1. The number of phosphoric ester groups is 2. The summed E-state index contributed by atoms with van der Waals surface area (Å²) in [5.74, 6) is 0.245. The van der Waals surface area contributed by atoms with Crippen LogP contribution in [0.25, 0.3) is 0 Å². The van der Waals surface area contributed by atoms with Gasteiger partial charge in [-0.3, -0.25) is 37.3 Å². The molecule has 0 aromatic heterocycles. The summed E-state index contributed by atoms with van der Waals surface area (Å²) in [6.45, 7) is 11.9. The summed E-state index contributed by atoms with van der Waals surface area (Å²) < 4.78 is 68.8. The lowest BCUT2D eigenvalue weighted by Gasteiger charge is -2.21. The first-order valence-electron chi connectivity index (χ1n) is 44.2. The molecule has 0 fully saturated rings. The van der Waals surface area contributed by atoms with Crippen molar-refractivity contribution in [3.05, 3.63) is 24.3 Å². The van der Waals surface area contributed by atoms with Crippen LogP contribution in [0.2, 0.25) is 0 Å². The summed E-state index contributed by atoms with van der Waals surface area (Å²) in [6.07, 6.45) is 70.3. The van der Waals surface area contributed by atoms with Crippen molar-refractivity contribution >= 4 is 39.5 Å². The highest BCUT2D eigenvalue weighted by Crippen LogP contribution is 2.45. The van der Waals surface area contributed by atoms with Crippen LogP contribution in [0.4, 0.5) is 0 Å². The predicted molar refractivity (Wildman–Crippen MR) is 437 cm³/mol. The molecule has 0 aliphatic heterocycles. The zero-order valence-electron chi connectivity index (χ0n) is 69.4. The van der Waals surface area contributed by atoms with E-state index in [1.807, 2.05) is 0 Å². The second-order valence-corrected chi connectivity index (χ2v) is 34.7. The van der Waals surface area contributed by atoms with Crippen LogP contribution in [0.3, 0.4) is 0 Å². The van der Waals surface area contributed by atoms with Gasteiger partial charge in [-0.15, -0.1) is 0 Å². The Morgan fingerprint density at radius 3 is 0.840 bits per heavy atom. The van der Waals surface area contributed by atoms with Gasteiger partial charge in [0.1, 0.15) is 19.3 Å². The van der Waals surface area contributed by atoms with Crippen LogP contribution in [0, 0.1) is 17.8 Å². The van der Waals surface area contributed by atoms with Crippen molar-refractivity contribution < 1.29 is 80.2 Å². The molecule has 0 aromatic carbocycles. The van der Waals surface area contributed by atoms with E-state index in [-0.39, 0.29) is 25.7 Å². The first-order chi connectivity index (χ1) is 51.3. The van der Waals surface area contributed by atoms with E-state index in [9.17, 15) is 43.2 Å². The topological polar surface area (TPSA) is 237 Å². The van der Waals surface area contributed by atoms with Gasteiger partial charge < -0.3 is 33.8 Å². The Hall–Kier alpha value is -2.46. The molecule has 0 bridgehead atoms. The van der Waals surface area contributed by atoms with Gasteiger partial charge >= 0.3 is 39.5 Å². The largest absolute Gasteiger partial charge is 0.472 e. The third-order valence-corrected chi connectivity index (χ3v) is 22.0. The average Bonchev–Trinajstić information content (AvgIpc) is 0.902. The molecular weight excluding hydrogens is 1380 g/mol. The fourth-order valence-electron chi connectivity index (χ4n) is 13.0. The molecule has 0 aromatic rings. The Bertz CT molecular complexity index is 2140. The number of rotatable bonds is 83. The molecule has 0 heterocycles. The maximum absolute atomic E-state index is 13.1. The van der Waals surface area contributed by atoms with Crippen molar-refractivity contribution in [1.82, 2.24) is 0 Å². The highest BCUT2D eigenvalue weighted by atomic mass is 31.2. The lowest BCUT2D eigenvalue weighted by Crippen LogP contribution is -2.30. The number of hydrogen-bond donors (Lipinski definition) is 3. The molecule has 0 saturated carbocycles. The SMILES string of the molecule is CCCCCC/C=C\C=C/CCCCCCCC(=O)OC[C@H](COP(=O)(O)OCC(O)COP(=O)(O)OC[C@@H](COC(=O)CCCCCCCCCC(C)C)OC(=O)CCCCCCCCCCCCCCCCCCC(C)C)OC(=O)CCCCCCCCCCCCCCCCCCCCC(C)CC. The van der Waals surface area contributed by atoms with Crippen molar-refractivity contribution in [2.24, 2.45) is 17.8 Å². The highest BCUT2D eigenvalue weighted by molar-refractivity contribution is 7.47. The third kappa shape index (κ3) is 78.2. The number of carbonyl (C=O) groups excluding carboxylic acids is 4. The molecule has 626 valence electrons. The van der Waals surface area contributed by atoms with Gasteiger partial charge in [-0.05, 0) is 69.1 Å². The van der Waals surface area contributed by atoms with E-state index >= 15 is 0 Å². The van der Waals surface area contributed by atoms with E-state index in [0.29, 0.717) is 31.6 Å².